The van der Waals surface area contributed by atoms with E-state index in [1.54, 1.807) is 6.20 Å². The van der Waals surface area contributed by atoms with Gasteiger partial charge in [-0.2, -0.15) is 0 Å². The van der Waals surface area contributed by atoms with Crippen molar-refractivity contribution in [3.05, 3.63) is 53.9 Å². The van der Waals surface area contributed by atoms with E-state index in [1.807, 2.05) is 12.3 Å². The lowest BCUT2D eigenvalue weighted by Gasteiger charge is -2.24. The van der Waals surface area contributed by atoms with E-state index in [0.717, 1.165) is 30.8 Å². The topological polar surface area (TPSA) is 45.2 Å². The molecular formula is C20H25N3O. The molecule has 1 amide bonds. The minimum Gasteiger partial charge on any atom is -0.349 e. The van der Waals surface area contributed by atoms with Gasteiger partial charge >= 0.3 is 0 Å². The van der Waals surface area contributed by atoms with Crippen molar-refractivity contribution in [3.63, 3.8) is 0 Å². The molecule has 0 radical (unpaired) electrons. The van der Waals surface area contributed by atoms with E-state index in [-0.39, 0.29) is 5.91 Å². The van der Waals surface area contributed by atoms with Crippen LogP contribution in [0.1, 0.15) is 48.5 Å². The van der Waals surface area contributed by atoms with E-state index in [4.69, 9.17) is 0 Å². The molecule has 1 N–H and O–H groups in total. The van der Waals surface area contributed by atoms with Gasteiger partial charge in [0.05, 0.1) is 17.4 Å². The van der Waals surface area contributed by atoms with Crippen LogP contribution in [0.2, 0.25) is 0 Å². The Morgan fingerprint density at radius 1 is 1.21 bits per heavy atom. The average Bonchev–Trinajstić information content (AvgIpc) is 3.09. The van der Waals surface area contributed by atoms with Gasteiger partial charge in [-0.1, -0.05) is 25.0 Å². The number of hydrogen-bond acceptors (Lipinski definition) is 3. The minimum absolute atomic E-state index is 0.0171. The zero-order valence-electron chi connectivity index (χ0n) is 14.5. The standard InChI is InChI=1S/C20H25N3O/c1-3-23(18-10-6-7-15(2)11-18)19-12-16(13-21-14-19)20(24)22-17-8-4-5-9-17/h6-7,10-14,17H,3-5,8-9H2,1-2H3,(H,22,24). The second-order valence-electron chi connectivity index (χ2n) is 6.47. The fourth-order valence-electron chi connectivity index (χ4n) is 3.35. The zero-order chi connectivity index (χ0) is 16.9. The van der Waals surface area contributed by atoms with Crippen LogP contribution in [0.4, 0.5) is 11.4 Å². The van der Waals surface area contributed by atoms with E-state index >= 15 is 0 Å². The summed E-state index contributed by atoms with van der Waals surface area (Å²) in [5.41, 5.74) is 3.91. The Hall–Kier alpha value is -2.36. The maximum absolute atomic E-state index is 12.5. The lowest BCUT2D eigenvalue weighted by Crippen LogP contribution is -2.32. The first-order chi connectivity index (χ1) is 11.7. The molecule has 0 unspecified atom stereocenters. The number of carbonyl (C=O) groups excluding carboxylic acids is 1. The fraction of sp³-hybridized carbons (Fsp3) is 0.400. The number of carbonyl (C=O) groups is 1. The molecule has 3 rings (SSSR count). The van der Waals surface area contributed by atoms with Crippen molar-refractivity contribution in [1.29, 1.82) is 0 Å². The van der Waals surface area contributed by atoms with E-state index in [9.17, 15) is 4.79 Å². The highest BCUT2D eigenvalue weighted by Gasteiger charge is 2.19. The highest BCUT2D eigenvalue weighted by Crippen LogP contribution is 2.26. The molecule has 1 aromatic heterocycles. The van der Waals surface area contributed by atoms with Gasteiger partial charge in [-0.15, -0.1) is 0 Å². The van der Waals surface area contributed by atoms with Gasteiger partial charge in [-0.3, -0.25) is 9.78 Å². The Bertz CT molecular complexity index is 708. The summed E-state index contributed by atoms with van der Waals surface area (Å²) in [6, 6.07) is 10.6. The number of aromatic nitrogens is 1. The summed E-state index contributed by atoms with van der Waals surface area (Å²) in [6.07, 6.45) is 8.06. The summed E-state index contributed by atoms with van der Waals surface area (Å²) in [6.45, 7) is 5.01. The molecule has 1 fully saturated rings. The maximum Gasteiger partial charge on any atom is 0.253 e. The monoisotopic (exact) mass is 323 g/mol. The third-order valence-corrected chi connectivity index (χ3v) is 4.62. The molecule has 1 heterocycles. The van der Waals surface area contributed by atoms with Gasteiger partial charge in [0.15, 0.2) is 0 Å². The third-order valence-electron chi connectivity index (χ3n) is 4.62. The Balaban J connectivity index is 1.81. The molecular weight excluding hydrogens is 298 g/mol. The lowest BCUT2D eigenvalue weighted by molar-refractivity contribution is 0.0937. The SMILES string of the molecule is CCN(c1cccc(C)c1)c1cncc(C(=O)NC2CCCC2)c1. The molecule has 0 bridgehead atoms. The second-order valence-corrected chi connectivity index (χ2v) is 6.47. The Labute approximate surface area is 143 Å². The van der Waals surface area contributed by atoms with Crippen LogP contribution in [-0.4, -0.2) is 23.5 Å². The predicted molar refractivity (Wildman–Crippen MR) is 97.8 cm³/mol. The summed E-state index contributed by atoms with van der Waals surface area (Å²) < 4.78 is 0. The number of anilines is 2. The molecule has 1 aromatic carbocycles. The number of nitrogens with zero attached hydrogens (tertiary/aromatic N) is 2. The minimum atomic E-state index is -0.0171. The number of aryl methyl sites for hydroxylation is 1. The lowest BCUT2D eigenvalue weighted by atomic mass is 10.1. The molecule has 0 aliphatic heterocycles. The van der Waals surface area contributed by atoms with Crippen molar-refractivity contribution in [2.45, 2.75) is 45.6 Å². The van der Waals surface area contributed by atoms with Gasteiger partial charge < -0.3 is 10.2 Å². The molecule has 4 nitrogen and oxygen atoms in total. The molecule has 0 atom stereocenters. The molecule has 0 saturated heterocycles. The maximum atomic E-state index is 12.5. The van der Waals surface area contributed by atoms with Crippen LogP contribution >= 0.6 is 0 Å². The highest BCUT2D eigenvalue weighted by molar-refractivity contribution is 5.95. The van der Waals surface area contributed by atoms with Gasteiger partial charge in [0.1, 0.15) is 0 Å². The van der Waals surface area contributed by atoms with Gasteiger partial charge in [0.2, 0.25) is 0 Å². The first kappa shape index (κ1) is 16.5. The third kappa shape index (κ3) is 3.75. The molecule has 0 spiro atoms. The van der Waals surface area contributed by atoms with Crippen molar-refractivity contribution in [1.82, 2.24) is 10.3 Å². The number of benzene rings is 1. The van der Waals surface area contributed by atoms with Crippen LogP contribution in [0.5, 0.6) is 0 Å². The van der Waals surface area contributed by atoms with E-state index in [2.05, 4.69) is 53.3 Å². The molecule has 4 heteroatoms. The molecule has 1 aliphatic rings. The van der Waals surface area contributed by atoms with E-state index in [1.165, 1.54) is 18.4 Å². The molecule has 1 saturated carbocycles. The molecule has 24 heavy (non-hydrogen) atoms. The largest absolute Gasteiger partial charge is 0.349 e. The van der Waals surface area contributed by atoms with Crippen LogP contribution < -0.4 is 10.2 Å². The number of amides is 1. The van der Waals surface area contributed by atoms with Crippen molar-refractivity contribution in [2.75, 3.05) is 11.4 Å². The van der Waals surface area contributed by atoms with E-state index in [0.29, 0.717) is 11.6 Å². The van der Waals surface area contributed by atoms with Gasteiger partial charge in [-0.25, -0.2) is 0 Å². The van der Waals surface area contributed by atoms with Crippen molar-refractivity contribution >= 4 is 17.3 Å². The number of pyridine rings is 1. The predicted octanol–water partition coefficient (Wildman–Crippen LogP) is 4.22. The highest BCUT2D eigenvalue weighted by atomic mass is 16.1. The Morgan fingerprint density at radius 3 is 2.71 bits per heavy atom. The fourth-order valence-corrected chi connectivity index (χ4v) is 3.35. The van der Waals surface area contributed by atoms with Crippen LogP contribution in [0, 0.1) is 6.92 Å². The van der Waals surface area contributed by atoms with Crippen LogP contribution in [0.15, 0.2) is 42.7 Å². The zero-order valence-corrected chi connectivity index (χ0v) is 14.5. The number of nitrogens with one attached hydrogen (secondary N) is 1. The normalized spacial score (nSPS) is 14.6. The van der Waals surface area contributed by atoms with Crippen molar-refractivity contribution in [3.8, 4) is 0 Å². The summed E-state index contributed by atoms with van der Waals surface area (Å²) in [5.74, 6) is -0.0171. The Morgan fingerprint density at radius 2 is 2.00 bits per heavy atom. The molecule has 1 aliphatic carbocycles. The Kier molecular flexibility index (Phi) is 5.14. The summed E-state index contributed by atoms with van der Waals surface area (Å²) in [5, 5.41) is 3.13. The van der Waals surface area contributed by atoms with Gasteiger partial charge in [0, 0.05) is 24.5 Å². The number of hydrogen-bond donors (Lipinski definition) is 1. The van der Waals surface area contributed by atoms with Crippen LogP contribution in [0.25, 0.3) is 0 Å². The molecule has 126 valence electrons. The van der Waals surface area contributed by atoms with Crippen molar-refractivity contribution < 1.29 is 4.79 Å². The smallest absolute Gasteiger partial charge is 0.253 e. The second kappa shape index (κ2) is 7.47. The number of rotatable bonds is 5. The molecule has 2 aromatic rings. The first-order valence-electron chi connectivity index (χ1n) is 8.77. The van der Waals surface area contributed by atoms with Crippen LogP contribution in [0.3, 0.4) is 0 Å². The summed E-state index contributed by atoms with van der Waals surface area (Å²) >= 11 is 0. The van der Waals surface area contributed by atoms with Crippen LogP contribution in [-0.2, 0) is 0 Å². The van der Waals surface area contributed by atoms with E-state index < -0.39 is 0 Å². The van der Waals surface area contributed by atoms with Gasteiger partial charge in [-0.05, 0) is 50.5 Å². The first-order valence-corrected chi connectivity index (χ1v) is 8.77. The summed E-state index contributed by atoms with van der Waals surface area (Å²) in [7, 11) is 0. The summed E-state index contributed by atoms with van der Waals surface area (Å²) in [4.78, 5) is 19.0. The van der Waals surface area contributed by atoms with Crippen molar-refractivity contribution in [2.24, 2.45) is 0 Å². The van der Waals surface area contributed by atoms with Gasteiger partial charge in [0.25, 0.3) is 5.91 Å². The quantitative estimate of drug-likeness (QED) is 0.896. The average molecular weight is 323 g/mol.